The minimum atomic E-state index is -0.822. The summed E-state index contributed by atoms with van der Waals surface area (Å²) >= 11 is 0. The Labute approximate surface area is 157 Å². The van der Waals surface area contributed by atoms with E-state index in [4.69, 9.17) is 9.47 Å². The van der Waals surface area contributed by atoms with Gasteiger partial charge in [-0.2, -0.15) is 0 Å². The van der Waals surface area contributed by atoms with Crippen LogP contribution in [0.3, 0.4) is 0 Å². The van der Waals surface area contributed by atoms with E-state index in [1.165, 1.54) is 30.5 Å². The van der Waals surface area contributed by atoms with Gasteiger partial charge in [0, 0.05) is 48.2 Å². The molecule has 0 saturated heterocycles. The third kappa shape index (κ3) is 3.38. The molecular weight excluding hydrogens is 347 g/mol. The molecule has 2 N–H and O–H groups in total. The van der Waals surface area contributed by atoms with Crippen molar-refractivity contribution in [3.63, 3.8) is 0 Å². The number of aromatic nitrogens is 1. The summed E-state index contributed by atoms with van der Waals surface area (Å²) in [7, 11) is 3.19. The largest absolute Gasteiger partial charge is 0.497 e. The van der Waals surface area contributed by atoms with E-state index in [1.807, 2.05) is 18.2 Å². The molecule has 0 unspecified atom stereocenters. The van der Waals surface area contributed by atoms with Crippen LogP contribution < -0.4 is 9.47 Å². The fourth-order valence-corrected chi connectivity index (χ4v) is 3.84. The van der Waals surface area contributed by atoms with Crippen LogP contribution in [0.4, 0.5) is 4.39 Å². The van der Waals surface area contributed by atoms with Crippen LogP contribution in [0.1, 0.15) is 22.9 Å². The second-order valence-corrected chi connectivity index (χ2v) is 6.88. The predicted molar refractivity (Wildman–Crippen MR) is 102 cm³/mol. The van der Waals surface area contributed by atoms with Crippen molar-refractivity contribution < 1.29 is 19.0 Å². The highest BCUT2D eigenvalue weighted by atomic mass is 19.1. The number of β-amino-alcohol motifs (C(OH)–C–C–N with tert-alkyl or cyclic N) is 1. The molecule has 6 heteroatoms. The molecule has 0 bridgehead atoms. The highest BCUT2D eigenvalue weighted by Crippen LogP contribution is 2.32. The molecule has 1 atom stereocenters. The number of ether oxygens (including phenoxy) is 2. The van der Waals surface area contributed by atoms with E-state index in [1.54, 1.807) is 13.2 Å². The van der Waals surface area contributed by atoms with Crippen molar-refractivity contribution in [3.8, 4) is 11.5 Å². The van der Waals surface area contributed by atoms with Gasteiger partial charge in [-0.25, -0.2) is 4.39 Å². The molecule has 1 aliphatic rings. The van der Waals surface area contributed by atoms with Crippen molar-refractivity contribution >= 4 is 10.9 Å². The van der Waals surface area contributed by atoms with Gasteiger partial charge >= 0.3 is 0 Å². The number of nitrogens with one attached hydrogen (secondary N) is 1. The lowest BCUT2D eigenvalue weighted by molar-refractivity contribution is 0.103. The average Bonchev–Trinajstić information content (AvgIpc) is 3.05. The zero-order valence-corrected chi connectivity index (χ0v) is 15.5. The van der Waals surface area contributed by atoms with Crippen molar-refractivity contribution in [1.82, 2.24) is 9.88 Å². The van der Waals surface area contributed by atoms with Crippen LogP contribution in [0, 0.1) is 5.82 Å². The van der Waals surface area contributed by atoms with Crippen LogP contribution in [0.25, 0.3) is 10.9 Å². The van der Waals surface area contributed by atoms with Gasteiger partial charge in [0.2, 0.25) is 0 Å². The lowest BCUT2D eigenvalue weighted by atomic mass is 10.0. The Hall–Kier alpha value is -2.57. The van der Waals surface area contributed by atoms with Crippen LogP contribution >= 0.6 is 0 Å². The summed E-state index contributed by atoms with van der Waals surface area (Å²) in [5.41, 5.74) is 4.03. The Balaban J connectivity index is 1.57. The molecule has 0 amide bonds. The van der Waals surface area contributed by atoms with Gasteiger partial charge in [0.15, 0.2) is 0 Å². The number of H-pyrrole nitrogens is 1. The smallest absolute Gasteiger partial charge is 0.124 e. The van der Waals surface area contributed by atoms with Gasteiger partial charge in [0.1, 0.15) is 17.3 Å². The zero-order valence-electron chi connectivity index (χ0n) is 15.5. The van der Waals surface area contributed by atoms with E-state index >= 15 is 0 Å². The molecular formula is C21H23FN2O3. The van der Waals surface area contributed by atoms with E-state index in [2.05, 4.69) is 9.88 Å². The minimum absolute atomic E-state index is 0.380. The normalized spacial score (nSPS) is 15.6. The van der Waals surface area contributed by atoms with Crippen molar-refractivity contribution in [3.05, 3.63) is 59.0 Å². The number of fused-ring (bicyclic) bond motifs is 3. The zero-order chi connectivity index (χ0) is 19.0. The van der Waals surface area contributed by atoms with Crippen LogP contribution in [0.2, 0.25) is 0 Å². The maximum atomic E-state index is 13.6. The van der Waals surface area contributed by atoms with E-state index in [0.717, 1.165) is 36.2 Å². The molecule has 1 aromatic heterocycles. The van der Waals surface area contributed by atoms with Gasteiger partial charge in [0.05, 0.1) is 20.3 Å². The number of benzene rings is 2. The Bertz CT molecular complexity index is 969. The molecule has 0 fully saturated rings. The number of hydrogen-bond acceptors (Lipinski definition) is 4. The number of methoxy groups -OCH3 is 2. The van der Waals surface area contributed by atoms with E-state index < -0.39 is 6.10 Å². The van der Waals surface area contributed by atoms with Gasteiger partial charge in [-0.1, -0.05) is 0 Å². The lowest BCUT2D eigenvalue weighted by Gasteiger charge is -2.29. The van der Waals surface area contributed by atoms with Gasteiger partial charge in [-0.15, -0.1) is 0 Å². The maximum absolute atomic E-state index is 13.6. The molecule has 142 valence electrons. The second-order valence-electron chi connectivity index (χ2n) is 6.88. The van der Waals surface area contributed by atoms with Gasteiger partial charge in [-0.3, -0.25) is 4.90 Å². The standard InChI is InChI=1S/C21H23FN2O3/c1-26-14-4-5-18-15(10-14)17-11-24(8-7-19(17)23-18)12-20(25)16-9-13(22)3-6-21(16)27-2/h3-6,9-10,20,23,25H,7-8,11-12H2,1-2H3/t20-/m0/s1. The number of aliphatic hydroxyl groups is 1. The third-order valence-electron chi connectivity index (χ3n) is 5.24. The van der Waals surface area contributed by atoms with Crippen LogP contribution in [-0.2, 0) is 13.0 Å². The topological polar surface area (TPSA) is 57.7 Å². The first-order valence-corrected chi connectivity index (χ1v) is 9.00. The predicted octanol–water partition coefficient (Wildman–Crippen LogP) is 3.42. The van der Waals surface area contributed by atoms with E-state index in [0.29, 0.717) is 17.9 Å². The quantitative estimate of drug-likeness (QED) is 0.723. The first-order valence-electron chi connectivity index (χ1n) is 9.00. The summed E-state index contributed by atoms with van der Waals surface area (Å²) in [4.78, 5) is 5.67. The van der Waals surface area contributed by atoms with E-state index in [9.17, 15) is 9.50 Å². The monoisotopic (exact) mass is 370 g/mol. The molecule has 4 rings (SSSR count). The molecule has 3 aromatic rings. The molecule has 2 aromatic carbocycles. The average molecular weight is 370 g/mol. The molecule has 27 heavy (non-hydrogen) atoms. The molecule has 2 heterocycles. The number of aliphatic hydroxyl groups excluding tert-OH is 1. The van der Waals surface area contributed by atoms with Crippen LogP contribution in [-0.4, -0.2) is 42.3 Å². The summed E-state index contributed by atoms with van der Waals surface area (Å²) < 4.78 is 24.3. The van der Waals surface area contributed by atoms with Crippen LogP contribution in [0.15, 0.2) is 36.4 Å². The molecule has 0 radical (unpaired) electrons. The summed E-state index contributed by atoms with van der Waals surface area (Å²) in [5, 5.41) is 11.8. The third-order valence-corrected chi connectivity index (χ3v) is 5.24. The Morgan fingerprint density at radius 2 is 2.04 bits per heavy atom. The lowest BCUT2D eigenvalue weighted by Crippen LogP contribution is -2.34. The molecule has 1 aliphatic heterocycles. The van der Waals surface area contributed by atoms with E-state index in [-0.39, 0.29) is 5.82 Å². The first kappa shape index (κ1) is 17.8. The van der Waals surface area contributed by atoms with Crippen LogP contribution in [0.5, 0.6) is 11.5 Å². The number of hydrogen-bond donors (Lipinski definition) is 2. The second kappa shape index (κ2) is 7.21. The maximum Gasteiger partial charge on any atom is 0.124 e. The van der Waals surface area contributed by atoms with Gasteiger partial charge in [0.25, 0.3) is 0 Å². The van der Waals surface area contributed by atoms with Crippen molar-refractivity contribution in [2.75, 3.05) is 27.3 Å². The Kier molecular flexibility index (Phi) is 4.76. The molecule has 0 saturated carbocycles. The number of halogens is 1. The SMILES string of the molecule is COc1ccc2[nH]c3c(c2c1)CN(C[C@H](O)c1cc(F)ccc1OC)CC3. The molecule has 5 nitrogen and oxygen atoms in total. The van der Waals surface area contributed by atoms with Crippen molar-refractivity contribution in [2.45, 2.75) is 19.1 Å². The number of nitrogens with zero attached hydrogens (tertiary/aromatic N) is 1. The molecule has 0 aliphatic carbocycles. The first-order chi connectivity index (χ1) is 13.1. The summed E-state index contributed by atoms with van der Waals surface area (Å²) in [6.45, 7) is 1.96. The van der Waals surface area contributed by atoms with Crippen molar-refractivity contribution in [1.29, 1.82) is 0 Å². The van der Waals surface area contributed by atoms with Gasteiger partial charge < -0.3 is 19.6 Å². The Morgan fingerprint density at radius 3 is 2.81 bits per heavy atom. The fraction of sp³-hybridized carbons (Fsp3) is 0.333. The van der Waals surface area contributed by atoms with Crippen molar-refractivity contribution in [2.24, 2.45) is 0 Å². The molecule has 0 spiro atoms. The minimum Gasteiger partial charge on any atom is -0.497 e. The fourth-order valence-electron chi connectivity index (χ4n) is 3.84. The summed E-state index contributed by atoms with van der Waals surface area (Å²) in [6.07, 6.45) is 0.0521. The highest BCUT2D eigenvalue weighted by molar-refractivity contribution is 5.86. The Morgan fingerprint density at radius 1 is 1.19 bits per heavy atom. The number of rotatable bonds is 5. The number of aromatic amines is 1. The summed E-state index contributed by atoms with van der Waals surface area (Å²) in [6, 6.07) is 10.2. The summed E-state index contributed by atoms with van der Waals surface area (Å²) in [5.74, 6) is 0.943. The van der Waals surface area contributed by atoms with Gasteiger partial charge in [-0.05, 0) is 42.0 Å². The highest BCUT2D eigenvalue weighted by Gasteiger charge is 2.24.